The van der Waals surface area contributed by atoms with Crippen molar-refractivity contribution in [3.63, 3.8) is 0 Å². The third-order valence-corrected chi connectivity index (χ3v) is 2.67. The maximum atomic E-state index is 2.34. The molecule has 1 saturated carbocycles. The van der Waals surface area contributed by atoms with Gasteiger partial charge in [-0.3, -0.25) is 0 Å². The zero-order valence-electron chi connectivity index (χ0n) is 6.56. The van der Waals surface area contributed by atoms with Gasteiger partial charge in [-0.05, 0) is 5.92 Å². The van der Waals surface area contributed by atoms with Crippen molar-refractivity contribution >= 4 is 7.28 Å². The number of rotatable bonds is 2. The molecular weight excluding hydrogens is 107 g/mol. The van der Waals surface area contributed by atoms with E-state index in [2.05, 4.69) is 21.0 Å². The van der Waals surface area contributed by atoms with Crippen molar-refractivity contribution in [2.24, 2.45) is 5.92 Å². The van der Waals surface area contributed by atoms with Crippen LogP contribution in [0.15, 0.2) is 0 Å². The van der Waals surface area contributed by atoms with Crippen LogP contribution in [0.4, 0.5) is 0 Å². The molecule has 1 fully saturated rings. The first-order chi connectivity index (χ1) is 4.34. The fourth-order valence-corrected chi connectivity index (χ4v) is 1.76. The van der Waals surface area contributed by atoms with E-state index < -0.39 is 0 Å². The van der Waals surface area contributed by atoms with E-state index in [1.807, 2.05) is 0 Å². The Hall–Kier alpha value is 0.0649. The zero-order valence-corrected chi connectivity index (χ0v) is 6.56. The van der Waals surface area contributed by atoms with Gasteiger partial charge in [0, 0.05) is 0 Å². The summed E-state index contributed by atoms with van der Waals surface area (Å²) < 4.78 is 0. The first-order valence-electron chi connectivity index (χ1n) is 4.14. The van der Waals surface area contributed by atoms with Crippen LogP contribution >= 0.6 is 0 Å². The summed E-state index contributed by atoms with van der Waals surface area (Å²) in [6.45, 7) is 4.53. The average Bonchev–Trinajstić information content (AvgIpc) is 2.37. The van der Waals surface area contributed by atoms with Gasteiger partial charge in [0.25, 0.3) is 0 Å². The van der Waals surface area contributed by atoms with E-state index in [1.54, 1.807) is 0 Å². The molecule has 9 heavy (non-hydrogen) atoms. The van der Waals surface area contributed by atoms with Crippen molar-refractivity contribution in [2.45, 2.75) is 45.2 Å². The Labute approximate surface area is 59.3 Å². The summed E-state index contributed by atoms with van der Waals surface area (Å²) in [4.78, 5) is 0. The SMILES string of the molecule is C[B]C(C)C1CCCC1. The molecule has 1 rings (SSSR count). The molecule has 1 atom stereocenters. The highest BCUT2D eigenvalue weighted by Crippen LogP contribution is 2.33. The number of hydrogen-bond acceptors (Lipinski definition) is 0. The summed E-state index contributed by atoms with van der Waals surface area (Å²) in [5.41, 5.74) is 0. The molecule has 0 bridgehead atoms. The van der Waals surface area contributed by atoms with Gasteiger partial charge in [0.1, 0.15) is 7.28 Å². The minimum atomic E-state index is 0.868. The minimum Gasteiger partial charge on any atom is -0.0917 e. The van der Waals surface area contributed by atoms with Gasteiger partial charge in [0.2, 0.25) is 0 Å². The normalized spacial score (nSPS) is 24.2. The Kier molecular flexibility index (Phi) is 2.62. The highest BCUT2D eigenvalue weighted by Gasteiger charge is 2.19. The van der Waals surface area contributed by atoms with Crippen LogP contribution in [0.2, 0.25) is 12.6 Å². The van der Waals surface area contributed by atoms with Crippen LogP contribution in [0.1, 0.15) is 32.6 Å². The lowest BCUT2D eigenvalue weighted by Crippen LogP contribution is -2.05. The standard InChI is InChI=1S/C8H16B/c1-7(9-2)8-5-3-4-6-8/h7-8H,3-6H2,1-2H3. The van der Waals surface area contributed by atoms with Crippen molar-refractivity contribution in [1.82, 2.24) is 0 Å². The van der Waals surface area contributed by atoms with Crippen LogP contribution in [0.25, 0.3) is 0 Å². The molecule has 0 spiro atoms. The third kappa shape index (κ3) is 1.74. The first-order valence-corrected chi connectivity index (χ1v) is 4.14. The molecule has 0 aromatic heterocycles. The lowest BCUT2D eigenvalue weighted by molar-refractivity contribution is 0.527. The summed E-state index contributed by atoms with van der Waals surface area (Å²) in [7, 11) is 2.34. The quantitative estimate of drug-likeness (QED) is 0.495. The van der Waals surface area contributed by atoms with E-state index in [-0.39, 0.29) is 0 Å². The van der Waals surface area contributed by atoms with E-state index in [0.29, 0.717) is 0 Å². The number of hydrogen-bond donors (Lipinski definition) is 0. The lowest BCUT2D eigenvalue weighted by Gasteiger charge is -2.14. The molecule has 51 valence electrons. The van der Waals surface area contributed by atoms with Gasteiger partial charge in [0.05, 0.1) is 0 Å². The van der Waals surface area contributed by atoms with Crippen molar-refractivity contribution < 1.29 is 0 Å². The van der Waals surface area contributed by atoms with E-state index in [1.165, 1.54) is 25.7 Å². The molecule has 0 saturated heterocycles. The van der Waals surface area contributed by atoms with Crippen LogP contribution in [-0.2, 0) is 0 Å². The largest absolute Gasteiger partial charge is 0.110 e. The van der Waals surface area contributed by atoms with Crippen LogP contribution < -0.4 is 0 Å². The topological polar surface area (TPSA) is 0 Å². The molecule has 1 heteroatoms. The molecular formula is C8H16B. The van der Waals surface area contributed by atoms with Gasteiger partial charge in [-0.25, -0.2) is 0 Å². The zero-order chi connectivity index (χ0) is 6.69. The maximum absolute atomic E-state index is 2.34. The molecule has 1 radical (unpaired) electrons. The monoisotopic (exact) mass is 123 g/mol. The maximum Gasteiger partial charge on any atom is 0.110 e. The van der Waals surface area contributed by atoms with E-state index in [9.17, 15) is 0 Å². The Balaban J connectivity index is 2.24. The molecule has 0 amide bonds. The smallest absolute Gasteiger partial charge is 0.0917 e. The highest BCUT2D eigenvalue weighted by molar-refractivity contribution is 6.35. The summed E-state index contributed by atoms with van der Waals surface area (Å²) in [5.74, 6) is 1.89. The van der Waals surface area contributed by atoms with Crippen molar-refractivity contribution in [3.05, 3.63) is 0 Å². The fourth-order valence-electron chi connectivity index (χ4n) is 1.76. The molecule has 0 heterocycles. The predicted molar refractivity (Wildman–Crippen MR) is 43.0 cm³/mol. The van der Waals surface area contributed by atoms with Gasteiger partial charge in [-0.1, -0.05) is 45.2 Å². The van der Waals surface area contributed by atoms with E-state index in [4.69, 9.17) is 0 Å². The van der Waals surface area contributed by atoms with Crippen LogP contribution in [0.5, 0.6) is 0 Å². The van der Waals surface area contributed by atoms with E-state index >= 15 is 0 Å². The second-order valence-electron chi connectivity index (χ2n) is 3.24. The summed E-state index contributed by atoms with van der Waals surface area (Å²) >= 11 is 0. The van der Waals surface area contributed by atoms with Gasteiger partial charge in [-0.2, -0.15) is 0 Å². The second-order valence-corrected chi connectivity index (χ2v) is 3.24. The summed E-state index contributed by atoms with van der Waals surface area (Å²) in [6.07, 6.45) is 5.91. The van der Waals surface area contributed by atoms with Crippen molar-refractivity contribution in [2.75, 3.05) is 0 Å². The summed E-state index contributed by atoms with van der Waals surface area (Å²) in [6, 6.07) is 0. The van der Waals surface area contributed by atoms with Crippen molar-refractivity contribution in [1.29, 1.82) is 0 Å². The van der Waals surface area contributed by atoms with E-state index in [0.717, 1.165) is 11.7 Å². The Morgan fingerprint density at radius 2 is 1.89 bits per heavy atom. The Bertz CT molecular complexity index is 74.6. The second kappa shape index (κ2) is 3.29. The minimum absolute atomic E-state index is 0.868. The first kappa shape index (κ1) is 7.18. The van der Waals surface area contributed by atoms with Crippen LogP contribution in [0.3, 0.4) is 0 Å². The van der Waals surface area contributed by atoms with Crippen LogP contribution in [0, 0.1) is 5.92 Å². The molecule has 0 nitrogen and oxygen atoms in total. The Morgan fingerprint density at radius 3 is 2.33 bits per heavy atom. The average molecular weight is 123 g/mol. The molecule has 1 unspecified atom stereocenters. The molecule has 1 aliphatic rings. The van der Waals surface area contributed by atoms with Crippen LogP contribution in [-0.4, -0.2) is 7.28 Å². The highest BCUT2D eigenvalue weighted by atomic mass is 14.2. The van der Waals surface area contributed by atoms with Gasteiger partial charge in [0.15, 0.2) is 0 Å². The molecule has 0 N–H and O–H groups in total. The predicted octanol–water partition coefficient (Wildman–Crippen LogP) is 2.74. The van der Waals surface area contributed by atoms with Gasteiger partial charge < -0.3 is 0 Å². The molecule has 0 aromatic carbocycles. The third-order valence-electron chi connectivity index (χ3n) is 2.67. The fraction of sp³-hybridized carbons (Fsp3) is 1.00. The van der Waals surface area contributed by atoms with Gasteiger partial charge >= 0.3 is 0 Å². The van der Waals surface area contributed by atoms with Crippen molar-refractivity contribution in [3.8, 4) is 0 Å². The van der Waals surface area contributed by atoms with Gasteiger partial charge in [-0.15, -0.1) is 0 Å². The molecule has 1 aliphatic carbocycles. The Morgan fingerprint density at radius 1 is 1.33 bits per heavy atom. The molecule has 0 aliphatic heterocycles. The molecule has 0 aromatic rings. The lowest BCUT2D eigenvalue weighted by atomic mass is 9.62. The summed E-state index contributed by atoms with van der Waals surface area (Å²) in [5, 5.41) is 0.